The number of nitrogens with zero attached hydrogens (tertiary/aromatic N) is 2. The molecule has 0 aromatic heterocycles. The molecule has 8 heteroatoms. The molecule has 0 aliphatic rings. The lowest BCUT2D eigenvalue weighted by Crippen LogP contribution is -2.37. The Morgan fingerprint density at radius 2 is 1.85 bits per heavy atom. The van der Waals surface area contributed by atoms with Crippen LogP contribution >= 0.6 is 15.9 Å². The Morgan fingerprint density at radius 1 is 1.19 bits per heavy atom. The van der Waals surface area contributed by atoms with Gasteiger partial charge in [-0.3, -0.25) is 19.7 Å². The molecule has 0 bridgehead atoms. The molecule has 1 N–H and O–H groups in total. The number of rotatable bonds is 6. The summed E-state index contributed by atoms with van der Waals surface area (Å²) in [6.45, 7) is 1.84. The minimum atomic E-state index is -0.502. The van der Waals surface area contributed by atoms with Crippen LogP contribution in [-0.2, 0) is 11.3 Å². The van der Waals surface area contributed by atoms with Gasteiger partial charge in [0.15, 0.2) is 0 Å². The van der Waals surface area contributed by atoms with Crippen molar-refractivity contribution in [3.8, 4) is 0 Å². The maximum Gasteiger partial charge on any atom is 0.272 e. The molecule has 0 aliphatic carbocycles. The van der Waals surface area contributed by atoms with E-state index in [9.17, 15) is 19.7 Å². The SMILES string of the molecule is Cc1cc(C(=O)NCC(=O)N(C)Cc2ccc(Br)cc2)ccc1[N+](=O)[O-]. The number of nitrogens with one attached hydrogen (secondary N) is 1. The summed E-state index contributed by atoms with van der Waals surface area (Å²) >= 11 is 3.36. The van der Waals surface area contributed by atoms with E-state index in [0.29, 0.717) is 12.1 Å². The van der Waals surface area contributed by atoms with Gasteiger partial charge in [0.2, 0.25) is 5.91 Å². The summed E-state index contributed by atoms with van der Waals surface area (Å²) < 4.78 is 0.959. The molecule has 0 radical (unpaired) electrons. The Morgan fingerprint density at radius 3 is 2.42 bits per heavy atom. The van der Waals surface area contributed by atoms with E-state index in [4.69, 9.17) is 0 Å². The number of aryl methyl sites for hydroxylation is 1. The zero-order chi connectivity index (χ0) is 19.3. The van der Waals surface area contributed by atoms with Crippen molar-refractivity contribution in [1.82, 2.24) is 10.2 Å². The quantitative estimate of drug-likeness (QED) is 0.574. The molecule has 2 rings (SSSR count). The van der Waals surface area contributed by atoms with Crippen molar-refractivity contribution >= 4 is 33.4 Å². The summed E-state index contributed by atoms with van der Waals surface area (Å²) in [5, 5.41) is 13.4. The van der Waals surface area contributed by atoms with E-state index in [1.165, 1.54) is 23.1 Å². The van der Waals surface area contributed by atoms with Crippen LogP contribution in [-0.4, -0.2) is 35.2 Å². The van der Waals surface area contributed by atoms with Gasteiger partial charge < -0.3 is 10.2 Å². The largest absolute Gasteiger partial charge is 0.343 e. The van der Waals surface area contributed by atoms with E-state index in [1.807, 2.05) is 24.3 Å². The van der Waals surface area contributed by atoms with Crippen LogP contribution in [0.1, 0.15) is 21.5 Å². The Bertz CT molecular complexity index is 837. The summed E-state index contributed by atoms with van der Waals surface area (Å²) in [5.41, 5.74) is 1.59. The Balaban J connectivity index is 1.91. The Hall–Kier alpha value is -2.74. The predicted octanol–water partition coefficient (Wildman–Crippen LogP) is 3.05. The smallest absolute Gasteiger partial charge is 0.272 e. The lowest BCUT2D eigenvalue weighted by atomic mass is 10.1. The van der Waals surface area contributed by atoms with E-state index in [1.54, 1.807) is 14.0 Å². The maximum absolute atomic E-state index is 12.2. The molecule has 0 heterocycles. The number of amides is 2. The summed E-state index contributed by atoms with van der Waals surface area (Å²) in [5.74, 6) is -0.687. The van der Waals surface area contributed by atoms with Crippen molar-refractivity contribution in [2.24, 2.45) is 0 Å². The maximum atomic E-state index is 12.2. The lowest BCUT2D eigenvalue weighted by Gasteiger charge is -2.17. The molecular weight excluding hydrogens is 402 g/mol. The molecule has 26 heavy (non-hydrogen) atoms. The molecular formula is C18H18BrN3O4. The van der Waals surface area contributed by atoms with E-state index >= 15 is 0 Å². The molecule has 0 atom stereocenters. The van der Waals surface area contributed by atoms with Gasteiger partial charge in [-0.25, -0.2) is 0 Å². The van der Waals surface area contributed by atoms with Gasteiger partial charge in [0, 0.05) is 35.3 Å². The van der Waals surface area contributed by atoms with E-state index in [-0.39, 0.29) is 23.7 Å². The molecule has 0 fully saturated rings. The number of carbonyl (C=O) groups excluding carboxylic acids is 2. The highest BCUT2D eigenvalue weighted by atomic mass is 79.9. The molecule has 0 spiro atoms. The third-order valence-electron chi connectivity index (χ3n) is 3.81. The molecule has 0 unspecified atom stereocenters. The fraction of sp³-hybridized carbons (Fsp3) is 0.222. The zero-order valence-corrected chi connectivity index (χ0v) is 15.9. The van der Waals surface area contributed by atoms with Crippen LogP contribution in [0.3, 0.4) is 0 Å². The van der Waals surface area contributed by atoms with Gasteiger partial charge in [-0.15, -0.1) is 0 Å². The van der Waals surface area contributed by atoms with Crippen molar-refractivity contribution < 1.29 is 14.5 Å². The molecule has 2 amide bonds. The van der Waals surface area contributed by atoms with Gasteiger partial charge in [-0.1, -0.05) is 28.1 Å². The van der Waals surface area contributed by atoms with Gasteiger partial charge in [0.1, 0.15) is 0 Å². The average Bonchev–Trinajstić information content (AvgIpc) is 2.60. The normalized spacial score (nSPS) is 10.3. The number of carbonyl (C=O) groups is 2. The fourth-order valence-electron chi connectivity index (χ4n) is 2.35. The van der Waals surface area contributed by atoms with Crippen molar-refractivity contribution in [2.75, 3.05) is 13.6 Å². The molecule has 0 saturated heterocycles. The van der Waals surface area contributed by atoms with Gasteiger partial charge >= 0.3 is 0 Å². The number of benzene rings is 2. The Labute approximate surface area is 159 Å². The number of hydrogen-bond donors (Lipinski definition) is 1. The molecule has 2 aromatic carbocycles. The highest BCUT2D eigenvalue weighted by Crippen LogP contribution is 2.18. The van der Waals surface area contributed by atoms with Crippen LogP contribution in [0.25, 0.3) is 0 Å². The molecule has 2 aromatic rings. The van der Waals surface area contributed by atoms with E-state index in [2.05, 4.69) is 21.2 Å². The standard InChI is InChI=1S/C18H18BrN3O4/c1-12-9-14(5-8-16(12)22(25)26)18(24)20-10-17(23)21(2)11-13-3-6-15(19)7-4-13/h3-9H,10-11H2,1-2H3,(H,20,24). The highest BCUT2D eigenvalue weighted by Gasteiger charge is 2.15. The van der Waals surface area contributed by atoms with Gasteiger partial charge in [-0.05, 0) is 36.8 Å². The second kappa shape index (κ2) is 8.57. The van der Waals surface area contributed by atoms with E-state index < -0.39 is 10.8 Å². The summed E-state index contributed by atoms with van der Waals surface area (Å²) in [6.07, 6.45) is 0. The number of hydrogen-bond acceptors (Lipinski definition) is 4. The molecule has 0 aliphatic heterocycles. The second-order valence-corrected chi connectivity index (χ2v) is 6.73. The number of halogens is 1. The third kappa shape index (κ3) is 5.13. The molecule has 7 nitrogen and oxygen atoms in total. The van der Waals surface area contributed by atoms with Gasteiger partial charge in [-0.2, -0.15) is 0 Å². The predicted molar refractivity (Wildman–Crippen MR) is 101 cm³/mol. The van der Waals surface area contributed by atoms with Crippen LogP contribution in [0.2, 0.25) is 0 Å². The van der Waals surface area contributed by atoms with Crippen LogP contribution in [0, 0.1) is 17.0 Å². The zero-order valence-electron chi connectivity index (χ0n) is 14.4. The first-order valence-corrected chi connectivity index (χ1v) is 8.59. The minimum absolute atomic E-state index is 0.0492. The minimum Gasteiger partial charge on any atom is -0.343 e. The first-order chi connectivity index (χ1) is 12.3. The van der Waals surface area contributed by atoms with Crippen LogP contribution < -0.4 is 5.32 Å². The van der Waals surface area contributed by atoms with Gasteiger partial charge in [0.05, 0.1) is 11.5 Å². The number of likely N-dealkylation sites (N-methyl/N-ethyl adjacent to an activating group) is 1. The van der Waals surface area contributed by atoms with Crippen LogP contribution in [0.5, 0.6) is 0 Å². The van der Waals surface area contributed by atoms with Crippen molar-refractivity contribution in [3.63, 3.8) is 0 Å². The van der Waals surface area contributed by atoms with Crippen LogP contribution in [0.15, 0.2) is 46.9 Å². The van der Waals surface area contributed by atoms with Gasteiger partial charge in [0.25, 0.3) is 11.6 Å². The average molecular weight is 420 g/mol. The first kappa shape index (κ1) is 19.6. The summed E-state index contributed by atoms with van der Waals surface area (Å²) in [6, 6.07) is 11.7. The van der Waals surface area contributed by atoms with Crippen molar-refractivity contribution in [3.05, 3.63) is 73.7 Å². The number of nitro benzene ring substituents is 1. The monoisotopic (exact) mass is 419 g/mol. The summed E-state index contributed by atoms with van der Waals surface area (Å²) in [7, 11) is 1.66. The van der Waals surface area contributed by atoms with Crippen molar-refractivity contribution in [1.29, 1.82) is 0 Å². The topological polar surface area (TPSA) is 92.6 Å². The van der Waals surface area contributed by atoms with Crippen molar-refractivity contribution in [2.45, 2.75) is 13.5 Å². The van der Waals surface area contributed by atoms with E-state index in [0.717, 1.165) is 10.0 Å². The molecule has 0 saturated carbocycles. The number of nitro groups is 1. The van der Waals surface area contributed by atoms with Crippen LogP contribution in [0.4, 0.5) is 5.69 Å². The molecule has 136 valence electrons. The third-order valence-corrected chi connectivity index (χ3v) is 4.34. The summed E-state index contributed by atoms with van der Waals surface area (Å²) in [4.78, 5) is 36.1. The fourth-order valence-corrected chi connectivity index (χ4v) is 2.61. The Kier molecular flexibility index (Phi) is 6.46. The first-order valence-electron chi connectivity index (χ1n) is 7.79. The second-order valence-electron chi connectivity index (χ2n) is 5.82. The highest BCUT2D eigenvalue weighted by molar-refractivity contribution is 9.10. The lowest BCUT2D eigenvalue weighted by molar-refractivity contribution is -0.385.